The number of benzene rings is 2. The van der Waals surface area contributed by atoms with Crippen LogP contribution in [0.4, 0.5) is 5.69 Å². The maximum Gasteiger partial charge on any atom is 0.258 e. The molecule has 0 spiro atoms. The van der Waals surface area contributed by atoms with E-state index in [1.807, 2.05) is 42.5 Å². The van der Waals surface area contributed by atoms with Crippen LogP contribution in [0.1, 0.15) is 24.0 Å². The monoisotopic (exact) mass is 524 g/mol. The molecule has 1 aliphatic rings. The van der Waals surface area contributed by atoms with Crippen LogP contribution in [0.15, 0.2) is 83.4 Å². The van der Waals surface area contributed by atoms with Crippen molar-refractivity contribution in [2.45, 2.75) is 32.0 Å². The Morgan fingerprint density at radius 3 is 2.64 bits per heavy atom. The molecule has 9 nitrogen and oxygen atoms in total. The fraction of sp³-hybridized carbons (Fsp3) is 0.233. The molecule has 0 aliphatic carbocycles. The van der Waals surface area contributed by atoms with Gasteiger partial charge in [0.1, 0.15) is 0 Å². The second-order valence-corrected chi connectivity index (χ2v) is 9.81. The highest BCUT2D eigenvalue weighted by atomic mass is 16.3. The first-order valence-corrected chi connectivity index (χ1v) is 13.0. The van der Waals surface area contributed by atoms with Crippen LogP contribution in [-0.4, -0.2) is 51.3 Å². The van der Waals surface area contributed by atoms with Crippen LogP contribution in [0.5, 0.6) is 0 Å². The molecule has 5 rings (SSSR count). The third kappa shape index (κ3) is 6.51. The second-order valence-electron chi connectivity index (χ2n) is 9.81. The number of carbonyl (C=O) groups is 1. The summed E-state index contributed by atoms with van der Waals surface area (Å²) in [7, 11) is 0. The van der Waals surface area contributed by atoms with E-state index < -0.39 is 5.91 Å². The van der Waals surface area contributed by atoms with E-state index in [1.165, 1.54) is 18.0 Å². The Hall–Kier alpha value is -4.47. The van der Waals surface area contributed by atoms with Crippen molar-refractivity contribution in [1.82, 2.24) is 20.2 Å². The van der Waals surface area contributed by atoms with Crippen molar-refractivity contribution in [1.29, 1.82) is 5.41 Å². The number of nitrogens with one attached hydrogen (secondary N) is 5. The number of H-pyrrole nitrogens is 2. The number of nitrogens with zero attached hydrogens (tertiary/aromatic N) is 1. The number of aromatic amines is 2. The van der Waals surface area contributed by atoms with E-state index in [-0.39, 0.29) is 17.2 Å². The van der Waals surface area contributed by atoms with Gasteiger partial charge in [0, 0.05) is 55.7 Å². The van der Waals surface area contributed by atoms with Crippen molar-refractivity contribution in [3.63, 3.8) is 0 Å². The van der Waals surface area contributed by atoms with Gasteiger partial charge in [-0.2, -0.15) is 0 Å². The van der Waals surface area contributed by atoms with Crippen LogP contribution in [0.2, 0.25) is 0 Å². The zero-order chi connectivity index (χ0) is 27.2. The highest BCUT2D eigenvalue weighted by molar-refractivity contribution is 6.17. The van der Waals surface area contributed by atoms with E-state index in [0.717, 1.165) is 55.2 Å². The third-order valence-corrected chi connectivity index (χ3v) is 6.92. The third-order valence-electron chi connectivity index (χ3n) is 6.92. The Morgan fingerprint density at radius 1 is 1.08 bits per heavy atom. The summed E-state index contributed by atoms with van der Waals surface area (Å²) in [5.41, 5.74) is 4.48. The number of hydrogen-bond donors (Lipinski definition) is 6. The van der Waals surface area contributed by atoms with Crippen molar-refractivity contribution in [2.75, 3.05) is 18.4 Å². The van der Waals surface area contributed by atoms with Crippen LogP contribution >= 0.6 is 0 Å². The van der Waals surface area contributed by atoms with Crippen molar-refractivity contribution in [2.24, 2.45) is 0 Å². The smallest absolute Gasteiger partial charge is 0.258 e. The van der Waals surface area contributed by atoms with E-state index >= 15 is 0 Å². The summed E-state index contributed by atoms with van der Waals surface area (Å²) < 4.78 is 0. The summed E-state index contributed by atoms with van der Waals surface area (Å²) >= 11 is 0. The Kier molecular flexibility index (Phi) is 8.00. The maximum atomic E-state index is 12.8. The number of aliphatic hydroxyl groups excluding tert-OH is 1. The first-order valence-electron chi connectivity index (χ1n) is 13.0. The molecule has 1 saturated heterocycles. The van der Waals surface area contributed by atoms with Gasteiger partial charge in [-0.3, -0.25) is 14.5 Å². The van der Waals surface area contributed by atoms with Gasteiger partial charge in [0.05, 0.1) is 28.6 Å². The van der Waals surface area contributed by atoms with Crippen LogP contribution in [0.3, 0.4) is 0 Å². The molecule has 0 unspecified atom stereocenters. The van der Waals surface area contributed by atoms with Gasteiger partial charge in [-0.1, -0.05) is 36.4 Å². The van der Waals surface area contributed by atoms with Gasteiger partial charge in [0.25, 0.3) is 11.5 Å². The topological polar surface area (TPSA) is 137 Å². The van der Waals surface area contributed by atoms with Crippen molar-refractivity contribution < 1.29 is 9.90 Å². The molecule has 2 aromatic carbocycles. The summed E-state index contributed by atoms with van der Waals surface area (Å²) in [5, 5.41) is 24.2. The van der Waals surface area contributed by atoms with Gasteiger partial charge in [-0.15, -0.1) is 0 Å². The number of piperidine rings is 1. The van der Waals surface area contributed by atoms with Crippen molar-refractivity contribution >= 4 is 28.7 Å². The van der Waals surface area contributed by atoms with Gasteiger partial charge in [0.2, 0.25) is 0 Å². The van der Waals surface area contributed by atoms with Gasteiger partial charge in [-0.25, -0.2) is 0 Å². The number of fused-ring (bicyclic) bond motifs is 1. The van der Waals surface area contributed by atoms with Crippen LogP contribution in [0, 0.1) is 5.41 Å². The largest absolute Gasteiger partial charge is 0.393 e. The van der Waals surface area contributed by atoms with Gasteiger partial charge in [0.15, 0.2) is 0 Å². The van der Waals surface area contributed by atoms with Crippen molar-refractivity contribution in [3.8, 4) is 11.3 Å². The Morgan fingerprint density at radius 2 is 1.87 bits per heavy atom. The van der Waals surface area contributed by atoms with Crippen LogP contribution in [0.25, 0.3) is 22.2 Å². The Labute approximate surface area is 226 Å². The molecule has 0 bridgehead atoms. The average molecular weight is 525 g/mol. The maximum absolute atomic E-state index is 12.8. The van der Waals surface area contributed by atoms with Gasteiger partial charge >= 0.3 is 0 Å². The summed E-state index contributed by atoms with van der Waals surface area (Å²) in [6, 6.07) is 19.5. The quantitative estimate of drug-likeness (QED) is 0.146. The number of anilines is 1. The molecule has 200 valence electrons. The number of pyridine rings is 1. The Balaban J connectivity index is 1.29. The minimum atomic E-state index is -0.463. The number of aromatic nitrogens is 2. The molecule has 6 N–H and O–H groups in total. The molecule has 0 atom stereocenters. The SMILES string of the molecule is N=C/C(=C\NCc1ccccc1)C(=O)Nc1c[nH]c(=O)c(-c2cc3cc(CN4CCC(O)CC4)ccc3[nH]2)c1. The summed E-state index contributed by atoms with van der Waals surface area (Å²) in [4.78, 5) is 33.8. The van der Waals surface area contributed by atoms with E-state index in [0.29, 0.717) is 23.5 Å². The summed E-state index contributed by atoms with van der Waals surface area (Å²) in [6.07, 6.45) is 5.34. The molecule has 3 heterocycles. The number of carbonyl (C=O) groups excluding carboxylic acids is 1. The summed E-state index contributed by atoms with van der Waals surface area (Å²) in [5.74, 6) is -0.463. The number of amides is 1. The molecular formula is C30H32N6O3. The Bertz CT molecular complexity index is 1550. The molecule has 9 heteroatoms. The lowest BCUT2D eigenvalue weighted by Crippen LogP contribution is -2.35. The lowest BCUT2D eigenvalue weighted by Gasteiger charge is -2.29. The van der Waals surface area contributed by atoms with Gasteiger partial charge in [-0.05, 0) is 48.2 Å². The number of hydrogen-bond acceptors (Lipinski definition) is 6. The standard InChI is InChI=1S/C30H32N6O3/c31-15-23(17-32-16-20-4-2-1-3-5-20)29(38)34-24-14-26(30(39)33-18-24)28-13-22-12-21(6-7-27(22)35-28)19-36-10-8-25(37)9-11-36/h1-7,12-15,17-18,25,31-32,35,37H,8-11,16,19H2,(H,33,39)(H,34,38)/b23-17+,31-15?. The molecular weight excluding hydrogens is 492 g/mol. The molecule has 2 aromatic heterocycles. The predicted octanol–water partition coefficient (Wildman–Crippen LogP) is 3.74. The average Bonchev–Trinajstić information content (AvgIpc) is 3.37. The minimum Gasteiger partial charge on any atom is -0.393 e. The number of rotatable bonds is 9. The first kappa shape index (κ1) is 26.1. The predicted molar refractivity (Wildman–Crippen MR) is 154 cm³/mol. The van der Waals surface area contributed by atoms with Crippen LogP contribution < -0.4 is 16.2 Å². The van der Waals surface area contributed by atoms with Crippen molar-refractivity contribution in [3.05, 3.63) is 100 Å². The summed E-state index contributed by atoms with van der Waals surface area (Å²) in [6.45, 7) is 3.10. The highest BCUT2D eigenvalue weighted by Gasteiger charge is 2.17. The molecule has 1 amide bonds. The molecule has 1 aliphatic heterocycles. The minimum absolute atomic E-state index is 0.153. The zero-order valence-electron chi connectivity index (χ0n) is 21.5. The second kappa shape index (κ2) is 11.9. The molecule has 39 heavy (non-hydrogen) atoms. The highest BCUT2D eigenvalue weighted by Crippen LogP contribution is 2.25. The first-order chi connectivity index (χ1) is 19.0. The molecule has 0 saturated carbocycles. The van der Waals surface area contributed by atoms with Crippen LogP contribution in [-0.2, 0) is 17.9 Å². The lowest BCUT2D eigenvalue weighted by atomic mass is 10.1. The van der Waals surface area contributed by atoms with E-state index in [9.17, 15) is 14.7 Å². The molecule has 1 fully saturated rings. The van der Waals surface area contributed by atoms with Gasteiger partial charge < -0.3 is 31.1 Å². The number of aliphatic hydroxyl groups is 1. The zero-order valence-corrected chi connectivity index (χ0v) is 21.5. The molecule has 4 aromatic rings. The fourth-order valence-corrected chi connectivity index (χ4v) is 4.77. The fourth-order valence-electron chi connectivity index (χ4n) is 4.77. The molecule has 0 radical (unpaired) electrons. The van der Waals surface area contributed by atoms with E-state index in [4.69, 9.17) is 5.41 Å². The lowest BCUT2D eigenvalue weighted by molar-refractivity contribution is -0.112. The number of likely N-dealkylation sites (tertiary alicyclic amines) is 1. The van der Waals surface area contributed by atoms with E-state index in [2.05, 4.69) is 37.6 Å². The van der Waals surface area contributed by atoms with E-state index in [1.54, 1.807) is 6.07 Å². The normalized spacial score (nSPS) is 14.8.